The number of ether oxygens (including phenoxy) is 1. The van der Waals surface area contributed by atoms with E-state index in [-0.39, 0.29) is 17.4 Å². The van der Waals surface area contributed by atoms with Crippen LogP contribution >= 0.6 is 0 Å². The lowest BCUT2D eigenvalue weighted by atomic mass is 9.92. The van der Waals surface area contributed by atoms with Crippen LogP contribution < -0.4 is 4.74 Å². The Morgan fingerprint density at radius 1 is 1.03 bits per heavy atom. The summed E-state index contributed by atoms with van der Waals surface area (Å²) in [5.74, 6) is -0.261. The third-order valence-corrected chi connectivity index (χ3v) is 6.95. The lowest BCUT2D eigenvalue weighted by Gasteiger charge is -2.34. The van der Waals surface area contributed by atoms with Gasteiger partial charge in [-0.1, -0.05) is 49.6 Å². The van der Waals surface area contributed by atoms with Gasteiger partial charge in [0, 0.05) is 11.6 Å². The number of nitrogens with zero attached hydrogens (tertiary/aromatic N) is 1. The first-order chi connectivity index (χ1) is 17.0. The Morgan fingerprint density at radius 2 is 1.80 bits per heavy atom. The van der Waals surface area contributed by atoms with Crippen LogP contribution in [0.3, 0.4) is 0 Å². The van der Waals surface area contributed by atoms with E-state index in [0.29, 0.717) is 23.7 Å². The topological polar surface area (TPSA) is 80.0 Å². The molecular weight excluding hydrogens is 442 g/mol. The molecule has 1 aromatic heterocycles. The number of benzene rings is 2. The molecule has 2 aliphatic rings. The molecule has 1 atom stereocenters. The highest BCUT2D eigenvalue weighted by atomic mass is 16.5. The number of hydrogen-bond donors (Lipinski definition) is 1. The van der Waals surface area contributed by atoms with Gasteiger partial charge in [-0.3, -0.25) is 9.59 Å². The molecule has 1 aliphatic carbocycles. The maximum atomic E-state index is 13.2. The molecule has 2 aromatic carbocycles. The van der Waals surface area contributed by atoms with E-state index in [1.807, 2.05) is 37.3 Å². The minimum absolute atomic E-state index is 0.0453. The van der Waals surface area contributed by atoms with Gasteiger partial charge in [-0.25, -0.2) is 0 Å². The van der Waals surface area contributed by atoms with E-state index in [1.54, 1.807) is 35.2 Å². The van der Waals surface area contributed by atoms with Crippen LogP contribution in [0, 0.1) is 6.92 Å². The lowest BCUT2D eigenvalue weighted by Crippen LogP contribution is -2.40. The molecule has 0 radical (unpaired) electrons. The predicted octanol–water partition coefficient (Wildman–Crippen LogP) is 5.92. The number of aliphatic hydroxyl groups excluding tert-OH is 1. The molecular formula is C29H29NO5. The molecule has 6 heteroatoms. The van der Waals surface area contributed by atoms with Gasteiger partial charge in [0.25, 0.3) is 11.7 Å². The van der Waals surface area contributed by atoms with E-state index in [9.17, 15) is 14.7 Å². The number of ketones is 1. The molecule has 2 fully saturated rings. The Balaban J connectivity index is 1.48. The van der Waals surface area contributed by atoms with Gasteiger partial charge in [0.1, 0.15) is 29.9 Å². The van der Waals surface area contributed by atoms with Gasteiger partial charge in [-0.15, -0.1) is 0 Å². The van der Waals surface area contributed by atoms with Crippen LogP contribution in [0.15, 0.2) is 76.9 Å². The van der Waals surface area contributed by atoms with Crippen LogP contribution in [0.2, 0.25) is 0 Å². The van der Waals surface area contributed by atoms with Crippen molar-refractivity contribution in [3.8, 4) is 5.75 Å². The summed E-state index contributed by atoms with van der Waals surface area (Å²) in [6.45, 7) is 2.32. The SMILES string of the molecule is Cc1cc(/C(O)=C2/C(=O)C(=O)N(C3CCCCC3)C2c2ccco2)ccc1OCc1ccccc1. The first-order valence-electron chi connectivity index (χ1n) is 12.2. The molecule has 2 heterocycles. The van der Waals surface area contributed by atoms with E-state index < -0.39 is 17.7 Å². The zero-order chi connectivity index (χ0) is 24.4. The number of hydrogen-bond acceptors (Lipinski definition) is 5. The summed E-state index contributed by atoms with van der Waals surface area (Å²) < 4.78 is 11.6. The highest BCUT2D eigenvalue weighted by Gasteiger charge is 2.50. The van der Waals surface area contributed by atoms with Crippen LogP contribution in [-0.2, 0) is 16.2 Å². The van der Waals surface area contributed by atoms with Crippen molar-refractivity contribution in [3.63, 3.8) is 0 Å². The van der Waals surface area contributed by atoms with Crippen LogP contribution in [0.1, 0.15) is 60.6 Å². The number of amides is 1. The smallest absolute Gasteiger partial charge is 0.296 e. The van der Waals surface area contributed by atoms with Gasteiger partial charge < -0.3 is 19.2 Å². The molecule has 35 heavy (non-hydrogen) atoms. The monoisotopic (exact) mass is 471 g/mol. The Bertz CT molecular complexity index is 1240. The number of aryl methyl sites for hydroxylation is 1. The highest BCUT2D eigenvalue weighted by Crippen LogP contribution is 2.43. The van der Waals surface area contributed by atoms with Gasteiger partial charge >= 0.3 is 0 Å². The molecule has 1 saturated heterocycles. The molecule has 5 rings (SSSR count). The summed E-state index contributed by atoms with van der Waals surface area (Å²) in [5, 5.41) is 11.3. The highest BCUT2D eigenvalue weighted by molar-refractivity contribution is 6.46. The molecule has 1 N–H and O–H groups in total. The fourth-order valence-electron chi connectivity index (χ4n) is 5.16. The fourth-order valence-corrected chi connectivity index (χ4v) is 5.16. The average Bonchev–Trinajstić information content (AvgIpc) is 3.51. The molecule has 1 aliphatic heterocycles. The normalized spacial score (nSPS) is 20.4. The van der Waals surface area contributed by atoms with E-state index in [4.69, 9.17) is 9.15 Å². The Morgan fingerprint density at radius 3 is 2.49 bits per heavy atom. The van der Waals surface area contributed by atoms with Gasteiger partial charge in [0.15, 0.2) is 0 Å². The summed E-state index contributed by atoms with van der Waals surface area (Å²) in [6.07, 6.45) is 6.38. The maximum Gasteiger partial charge on any atom is 0.296 e. The second-order valence-electron chi connectivity index (χ2n) is 9.27. The molecule has 0 bridgehead atoms. The first-order valence-corrected chi connectivity index (χ1v) is 12.2. The minimum Gasteiger partial charge on any atom is -0.507 e. The van der Waals surface area contributed by atoms with Gasteiger partial charge in [-0.2, -0.15) is 0 Å². The zero-order valence-corrected chi connectivity index (χ0v) is 19.8. The van der Waals surface area contributed by atoms with Crippen LogP contribution in [-0.4, -0.2) is 27.7 Å². The number of likely N-dealkylation sites (tertiary alicyclic amines) is 1. The van der Waals surface area contributed by atoms with Crippen molar-refractivity contribution in [1.29, 1.82) is 0 Å². The maximum absolute atomic E-state index is 13.2. The largest absolute Gasteiger partial charge is 0.507 e. The van der Waals surface area contributed by atoms with Crippen molar-refractivity contribution in [3.05, 3.63) is 95.0 Å². The summed E-state index contributed by atoms with van der Waals surface area (Å²) in [6, 6.07) is 17.9. The summed E-state index contributed by atoms with van der Waals surface area (Å²) in [5.41, 5.74) is 2.42. The quantitative estimate of drug-likeness (QED) is 0.274. The third-order valence-electron chi connectivity index (χ3n) is 6.95. The van der Waals surface area contributed by atoms with Gasteiger partial charge in [0.05, 0.1) is 11.8 Å². The molecule has 3 aromatic rings. The average molecular weight is 472 g/mol. The molecule has 0 spiro atoms. The van der Waals surface area contributed by atoms with Crippen molar-refractivity contribution in [1.82, 2.24) is 4.90 Å². The number of carbonyl (C=O) groups is 2. The summed E-state index contributed by atoms with van der Waals surface area (Å²) >= 11 is 0. The van der Waals surface area contributed by atoms with Crippen molar-refractivity contribution < 1.29 is 23.8 Å². The minimum atomic E-state index is -0.734. The molecule has 180 valence electrons. The number of rotatable bonds is 6. The number of furan rings is 1. The van der Waals surface area contributed by atoms with Gasteiger partial charge in [0.2, 0.25) is 0 Å². The Labute approximate surface area is 204 Å². The zero-order valence-electron chi connectivity index (χ0n) is 19.8. The molecule has 1 saturated carbocycles. The van der Waals surface area contributed by atoms with Crippen LogP contribution in [0.25, 0.3) is 5.76 Å². The molecule has 1 unspecified atom stereocenters. The summed E-state index contributed by atoms with van der Waals surface area (Å²) in [4.78, 5) is 28.0. The van der Waals surface area contributed by atoms with Crippen molar-refractivity contribution >= 4 is 17.4 Å². The van der Waals surface area contributed by atoms with Crippen molar-refractivity contribution in [2.24, 2.45) is 0 Å². The van der Waals surface area contributed by atoms with Crippen LogP contribution in [0.4, 0.5) is 0 Å². The van der Waals surface area contributed by atoms with Crippen molar-refractivity contribution in [2.75, 3.05) is 0 Å². The van der Waals surface area contributed by atoms with Crippen LogP contribution in [0.5, 0.6) is 5.75 Å². The molecule has 1 amide bonds. The van der Waals surface area contributed by atoms with Crippen molar-refractivity contribution in [2.45, 2.75) is 57.7 Å². The standard InChI is InChI=1S/C29H29NO5/c1-19-17-21(14-15-23(19)35-18-20-9-4-2-5-10-20)27(31)25-26(24-13-8-16-34-24)30(29(33)28(25)32)22-11-6-3-7-12-22/h2,4-5,8-10,13-17,22,26,31H,3,6-7,11-12,18H2,1H3/b27-25-. The predicted molar refractivity (Wildman–Crippen MR) is 132 cm³/mol. The fraction of sp³-hybridized carbons (Fsp3) is 0.310. The van der Waals surface area contributed by atoms with E-state index >= 15 is 0 Å². The first kappa shape index (κ1) is 23.0. The van der Waals surface area contributed by atoms with E-state index in [0.717, 1.165) is 43.2 Å². The number of Topliss-reactive ketones (excluding diaryl/α,β-unsaturated/α-hetero) is 1. The van der Waals surface area contributed by atoms with E-state index in [2.05, 4.69) is 0 Å². The molecule has 6 nitrogen and oxygen atoms in total. The Hall–Kier alpha value is -3.80. The Kier molecular flexibility index (Phi) is 6.45. The second kappa shape index (κ2) is 9.82. The second-order valence-corrected chi connectivity index (χ2v) is 9.27. The number of carbonyl (C=O) groups excluding carboxylic acids is 2. The van der Waals surface area contributed by atoms with Gasteiger partial charge in [-0.05, 0) is 61.2 Å². The number of aliphatic hydroxyl groups is 1. The third kappa shape index (κ3) is 4.48. The lowest BCUT2D eigenvalue weighted by molar-refractivity contribution is -0.142. The van der Waals surface area contributed by atoms with E-state index in [1.165, 1.54) is 6.26 Å². The summed E-state index contributed by atoms with van der Waals surface area (Å²) in [7, 11) is 0.